The number of carbonyl (C=O) groups is 2. The number of aliphatic imine (C=N–C) groups is 1. The van der Waals surface area contributed by atoms with E-state index >= 15 is 0 Å². The zero-order chi connectivity index (χ0) is 34.7. The molecule has 49 heavy (non-hydrogen) atoms. The number of rotatable bonds is 8. The van der Waals surface area contributed by atoms with Crippen LogP contribution in [-0.4, -0.2) is 90.8 Å². The molecule has 0 N–H and O–H groups in total. The highest BCUT2D eigenvalue weighted by atomic mass is 35.5. The molecule has 2 aliphatic heterocycles. The van der Waals surface area contributed by atoms with Gasteiger partial charge in [0, 0.05) is 55.3 Å². The molecule has 3 aromatic rings. The zero-order valence-corrected chi connectivity index (χ0v) is 30.0. The molecule has 3 amide bonds. The number of benzene rings is 3. The van der Waals surface area contributed by atoms with Crippen LogP contribution in [0.15, 0.2) is 65.7 Å². The molecule has 5 rings (SSSR count). The van der Waals surface area contributed by atoms with Crippen LogP contribution in [0.3, 0.4) is 0 Å². The van der Waals surface area contributed by atoms with Gasteiger partial charge in [-0.1, -0.05) is 66.5 Å². The van der Waals surface area contributed by atoms with E-state index in [9.17, 15) is 14.9 Å². The van der Waals surface area contributed by atoms with Crippen LogP contribution in [0.25, 0.3) is 0 Å². The highest BCUT2D eigenvalue weighted by Gasteiger charge is 2.45. The molecule has 0 bridgehead atoms. The SMILES string of the molecule is C.CCOc1cc(C(C)(C)C#N)c(Cl)cc1C1=N[C@@H](c2ccc(Cl)cc2)[C@@H](c2ccc(Cl)cc2)N1C(=O)N1CCN(CC(=O)N(C)C)CC1. The van der Waals surface area contributed by atoms with Gasteiger partial charge in [0.05, 0.1) is 36.2 Å². The molecule has 260 valence electrons. The third-order valence-corrected chi connectivity index (χ3v) is 9.58. The molecular formula is C37H43Cl3N6O3. The Morgan fingerprint density at radius 1 is 0.959 bits per heavy atom. The normalized spacial score (nSPS) is 18.0. The van der Waals surface area contributed by atoms with Gasteiger partial charge >= 0.3 is 6.03 Å². The molecule has 1 saturated heterocycles. The third-order valence-electron chi connectivity index (χ3n) is 8.76. The number of halogens is 3. The predicted molar refractivity (Wildman–Crippen MR) is 197 cm³/mol. The van der Waals surface area contributed by atoms with Crippen LogP contribution in [0.2, 0.25) is 15.1 Å². The van der Waals surface area contributed by atoms with Gasteiger partial charge in [-0.15, -0.1) is 0 Å². The van der Waals surface area contributed by atoms with Gasteiger partial charge in [-0.3, -0.25) is 19.6 Å². The van der Waals surface area contributed by atoms with Gasteiger partial charge in [-0.05, 0) is 73.9 Å². The number of likely N-dealkylation sites (N-methyl/N-ethyl adjacent to an activating group) is 1. The molecule has 0 saturated carbocycles. The molecule has 9 nitrogen and oxygen atoms in total. The van der Waals surface area contributed by atoms with Crippen molar-refractivity contribution in [2.75, 3.05) is 53.4 Å². The van der Waals surface area contributed by atoms with Crippen LogP contribution < -0.4 is 4.74 Å². The van der Waals surface area contributed by atoms with Gasteiger partial charge in [0.2, 0.25) is 5.91 Å². The van der Waals surface area contributed by atoms with E-state index in [2.05, 4.69) is 11.0 Å². The van der Waals surface area contributed by atoms with E-state index in [1.807, 2.05) is 43.3 Å². The van der Waals surface area contributed by atoms with Crippen molar-refractivity contribution in [3.8, 4) is 11.8 Å². The van der Waals surface area contributed by atoms with Gasteiger partial charge in [-0.25, -0.2) is 4.79 Å². The summed E-state index contributed by atoms with van der Waals surface area (Å²) in [5, 5.41) is 11.4. The van der Waals surface area contributed by atoms with Crippen LogP contribution in [0.5, 0.6) is 5.75 Å². The van der Waals surface area contributed by atoms with Gasteiger partial charge in [-0.2, -0.15) is 5.26 Å². The summed E-state index contributed by atoms with van der Waals surface area (Å²) in [6.07, 6.45) is 0. The Morgan fingerprint density at radius 3 is 2.06 bits per heavy atom. The first-order valence-corrected chi connectivity index (χ1v) is 17.0. The van der Waals surface area contributed by atoms with E-state index in [1.165, 1.54) is 0 Å². The Kier molecular flexibility index (Phi) is 12.3. The van der Waals surface area contributed by atoms with Crippen molar-refractivity contribution in [2.24, 2.45) is 4.99 Å². The lowest BCUT2D eigenvalue weighted by atomic mass is 9.85. The second-order valence-corrected chi connectivity index (χ2v) is 13.9. The first kappa shape index (κ1) is 38.0. The smallest absolute Gasteiger partial charge is 0.326 e. The Morgan fingerprint density at radius 2 is 1.53 bits per heavy atom. The molecule has 1 fully saturated rings. The summed E-state index contributed by atoms with van der Waals surface area (Å²) in [6, 6.07) is 19.4. The standard InChI is InChI=1S/C36H39Cl3N6O3.CH4/c1-6-48-30-20-28(36(2,3)22-40)29(39)19-27(30)34-41-32(23-7-11-25(37)12-8-23)33(24-9-13-26(38)14-10-24)45(34)35(47)44-17-15-43(16-18-44)21-31(46)42(4)5;/h7-14,19-20,32-33H,6,15-18,21H2,1-5H3;1H4/t32-,33+;/m0./s1. The lowest BCUT2D eigenvalue weighted by molar-refractivity contribution is -0.130. The van der Waals surface area contributed by atoms with Gasteiger partial charge < -0.3 is 14.5 Å². The molecule has 2 aliphatic rings. The van der Waals surface area contributed by atoms with Crippen molar-refractivity contribution < 1.29 is 14.3 Å². The number of nitrogens with zero attached hydrogens (tertiary/aromatic N) is 6. The fraction of sp³-hybridized carbons (Fsp3) is 0.405. The van der Waals surface area contributed by atoms with E-state index in [4.69, 9.17) is 44.5 Å². The molecule has 0 unspecified atom stereocenters. The molecule has 3 aromatic carbocycles. The van der Waals surface area contributed by atoms with E-state index in [0.29, 0.717) is 77.1 Å². The number of ether oxygens (including phenoxy) is 1. The van der Waals surface area contributed by atoms with Crippen molar-refractivity contribution >= 4 is 52.6 Å². The first-order chi connectivity index (χ1) is 22.8. The molecule has 12 heteroatoms. The van der Waals surface area contributed by atoms with Crippen molar-refractivity contribution in [3.63, 3.8) is 0 Å². The van der Waals surface area contributed by atoms with Crippen LogP contribution in [0.1, 0.15) is 62.5 Å². The van der Waals surface area contributed by atoms with Crippen LogP contribution >= 0.6 is 34.8 Å². The Bertz CT molecular complexity index is 1730. The minimum atomic E-state index is -0.889. The number of hydrogen-bond acceptors (Lipinski definition) is 6. The third kappa shape index (κ3) is 8.16. The molecule has 0 aliphatic carbocycles. The summed E-state index contributed by atoms with van der Waals surface area (Å²) in [5.74, 6) is 0.882. The summed E-state index contributed by atoms with van der Waals surface area (Å²) >= 11 is 19.5. The summed E-state index contributed by atoms with van der Waals surface area (Å²) < 4.78 is 6.16. The number of amidine groups is 1. The lowest BCUT2D eigenvalue weighted by Gasteiger charge is -2.39. The van der Waals surface area contributed by atoms with Gasteiger partial charge in [0.15, 0.2) is 0 Å². The summed E-state index contributed by atoms with van der Waals surface area (Å²) in [5.41, 5.74) is 1.97. The average Bonchev–Trinajstić information content (AvgIpc) is 3.46. The van der Waals surface area contributed by atoms with Crippen LogP contribution in [0.4, 0.5) is 4.79 Å². The molecular weight excluding hydrogens is 683 g/mol. The highest BCUT2D eigenvalue weighted by molar-refractivity contribution is 6.32. The second-order valence-electron chi connectivity index (χ2n) is 12.6. The number of amides is 3. The van der Waals surface area contributed by atoms with Crippen LogP contribution in [0, 0.1) is 11.3 Å². The minimum Gasteiger partial charge on any atom is -0.493 e. The summed E-state index contributed by atoms with van der Waals surface area (Å²) in [7, 11) is 3.47. The van der Waals surface area contributed by atoms with Gasteiger partial charge in [0.1, 0.15) is 17.6 Å². The number of urea groups is 1. The molecule has 0 radical (unpaired) electrons. The zero-order valence-electron chi connectivity index (χ0n) is 27.7. The molecule has 0 spiro atoms. The number of nitriles is 1. The van der Waals surface area contributed by atoms with E-state index in [-0.39, 0.29) is 19.4 Å². The maximum absolute atomic E-state index is 14.8. The van der Waals surface area contributed by atoms with Crippen LogP contribution in [-0.2, 0) is 10.2 Å². The molecule has 2 atom stereocenters. The first-order valence-electron chi connectivity index (χ1n) is 15.8. The largest absolute Gasteiger partial charge is 0.493 e. The van der Waals surface area contributed by atoms with Crippen molar-refractivity contribution in [1.29, 1.82) is 5.26 Å². The molecule has 2 heterocycles. The average molecular weight is 726 g/mol. The predicted octanol–water partition coefficient (Wildman–Crippen LogP) is 7.85. The lowest BCUT2D eigenvalue weighted by Crippen LogP contribution is -2.55. The van der Waals surface area contributed by atoms with Crippen molar-refractivity contribution in [2.45, 2.75) is 45.7 Å². The maximum Gasteiger partial charge on any atom is 0.326 e. The summed E-state index contributed by atoms with van der Waals surface area (Å²) in [4.78, 5) is 39.7. The topological polar surface area (TPSA) is 92.5 Å². The van der Waals surface area contributed by atoms with Gasteiger partial charge in [0.25, 0.3) is 0 Å². The number of carbonyl (C=O) groups excluding carboxylic acids is 2. The Balaban J connectivity index is 0.00000541. The quantitative estimate of drug-likeness (QED) is 0.236. The summed E-state index contributed by atoms with van der Waals surface area (Å²) in [6.45, 7) is 8.05. The van der Waals surface area contributed by atoms with Crippen molar-refractivity contribution in [3.05, 3.63) is 98.0 Å². The fourth-order valence-electron chi connectivity index (χ4n) is 5.98. The fourth-order valence-corrected chi connectivity index (χ4v) is 6.63. The number of hydrogen-bond donors (Lipinski definition) is 0. The van der Waals surface area contributed by atoms with Crippen molar-refractivity contribution in [1.82, 2.24) is 19.6 Å². The maximum atomic E-state index is 14.8. The Labute approximate surface area is 304 Å². The van der Waals surface area contributed by atoms with E-state index in [0.717, 1.165) is 11.1 Å². The Hall–Kier alpha value is -3.81. The second kappa shape index (κ2) is 15.8. The monoisotopic (exact) mass is 724 g/mol. The van der Waals surface area contributed by atoms with E-state index in [1.54, 1.807) is 66.9 Å². The minimum absolute atomic E-state index is 0. The number of piperazine rings is 1. The molecule has 0 aromatic heterocycles. The highest BCUT2D eigenvalue weighted by Crippen LogP contribution is 2.46. The van der Waals surface area contributed by atoms with E-state index < -0.39 is 17.5 Å².